The number of fused-ring (bicyclic) bond motifs is 1. The SMILES string of the molecule is CSc1ncccc1C(=O)Nc1ccc2c(c1)NC(=O)[C@@H](C)O2. The number of ether oxygens (including phenoxy) is 1. The predicted octanol–water partition coefficient (Wildman–Crippen LogP) is 2.78. The molecular formula is C16H15N3O3S. The van der Waals surface area contributed by atoms with Gasteiger partial charge in [0.05, 0.1) is 11.3 Å². The maximum absolute atomic E-state index is 12.4. The number of anilines is 2. The van der Waals surface area contributed by atoms with E-state index in [0.717, 1.165) is 0 Å². The monoisotopic (exact) mass is 329 g/mol. The van der Waals surface area contributed by atoms with Crippen molar-refractivity contribution in [2.75, 3.05) is 16.9 Å². The number of amides is 2. The zero-order valence-electron chi connectivity index (χ0n) is 12.6. The molecule has 1 aliphatic heterocycles. The second-order valence-electron chi connectivity index (χ2n) is 4.97. The summed E-state index contributed by atoms with van der Waals surface area (Å²) < 4.78 is 5.49. The van der Waals surface area contributed by atoms with Gasteiger partial charge in [-0.2, -0.15) is 0 Å². The summed E-state index contributed by atoms with van der Waals surface area (Å²) in [5.74, 6) is 0.123. The number of carbonyl (C=O) groups excluding carboxylic acids is 2. The molecule has 3 rings (SSSR count). The molecule has 7 heteroatoms. The average molecular weight is 329 g/mol. The van der Waals surface area contributed by atoms with Crippen LogP contribution in [0.1, 0.15) is 17.3 Å². The zero-order valence-corrected chi connectivity index (χ0v) is 13.4. The third-order valence-corrected chi connectivity index (χ3v) is 4.09. The van der Waals surface area contributed by atoms with Crippen LogP contribution in [0.4, 0.5) is 11.4 Å². The van der Waals surface area contributed by atoms with Crippen molar-refractivity contribution in [3.8, 4) is 5.75 Å². The van der Waals surface area contributed by atoms with Gasteiger partial charge in [0.25, 0.3) is 11.8 Å². The Morgan fingerprint density at radius 3 is 3.00 bits per heavy atom. The Hall–Kier alpha value is -2.54. The van der Waals surface area contributed by atoms with Gasteiger partial charge in [0.15, 0.2) is 6.10 Å². The van der Waals surface area contributed by atoms with Crippen LogP contribution in [0.25, 0.3) is 0 Å². The number of benzene rings is 1. The number of nitrogens with one attached hydrogen (secondary N) is 2. The lowest BCUT2D eigenvalue weighted by molar-refractivity contribution is -0.122. The second-order valence-corrected chi connectivity index (χ2v) is 5.77. The van der Waals surface area contributed by atoms with Crippen LogP contribution >= 0.6 is 11.8 Å². The molecule has 1 atom stereocenters. The van der Waals surface area contributed by atoms with Crippen LogP contribution in [0.3, 0.4) is 0 Å². The van der Waals surface area contributed by atoms with Crippen LogP contribution in [-0.2, 0) is 4.79 Å². The van der Waals surface area contributed by atoms with Crippen molar-refractivity contribution in [2.24, 2.45) is 0 Å². The van der Waals surface area contributed by atoms with Crippen LogP contribution in [0.15, 0.2) is 41.6 Å². The average Bonchev–Trinajstić information content (AvgIpc) is 2.56. The second kappa shape index (κ2) is 6.29. The molecule has 2 aromatic rings. The molecule has 2 N–H and O–H groups in total. The van der Waals surface area contributed by atoms with Crippen LogP contribution < -0.4 is 15.4 Å². The van der Waals surface area contributed by atoms with Gasteiger partial charge in [-0.05, 0) is 43.5 Å². The standard InChI is InChI=1S/C16H15N3O3S/c1-9-14(20)19-12-8-10(5-6-13(12)22-9)18-15(21)11-4-3-7-17-16(11)23-2/h3-9H,1-2H3,(H,18,21)(H,19,20)/t9-/m1/s1. The number of hydrogen-bond donors (Lipinski definition) is 2. The van der Waals surface area contributed by atoms with Gasteiger partial charge in [-0.25, -0.2) is 4.98 Å². The summed E-state index contributed by atoms with van der Waals surface area (Å²) >= 11 is 1.41. The molecule has 23 heavy (non-hydrogen) atoms. The molecule has 0 unspecified atom stereocenters. The van der Waals surface area contributed by atoms with Gasteiger partial charge >= 0.3 is 0 Å². The number of hydrogen-bond acceptors (Lipinski definition) is 5. The van der Waals surface area contributed by atoms with Crippen molar-refractivity contribution in [1.29, 1.82) is 0 Å². The smallest absolute Gasteiger partial charge is 0.265 e. The van der Waals surface area contributed by atoms with E-state index in [-0.39, 0.29) is 11.8 Å². The van der Waals surface area contributed by atoms with E-state index in [1.807, 2.05) is 6.26 Å². The lowest BCUT2D eigenvalue weighted by Crippen LogP contribution is -2.34. The van der Waals surface area contributed by atoms with Crippen LogP contribution in [0, 0.1) is 0 Å². The van der Waals surface area contributed by atoms with E-state index in [4.69, 9.17) is 4.74 Å². The highest BCUT2D eigenvalue weighted by molar-refractivity contribution is 7.98. The molecule has 6 nitrogen and oxygen atoms in total. The largest absolute Gasteiger partial charge is 0.479 e. The Morgan fingerprint density at radius 2 is 2.22 bits per heavy atom. The first-order valence-electron chi connectivity index (χ1n) is 7.00. The highest BCUT2D eigenvalue weighted by Gasteiger charge is 2.23. The van der Waals surface area contributed by atoms with Gasteiger partial charge in [0.1, 0.15) is 10.8 Å². The topological polar surface area (TPSA) is 80.3 Å². The lowest BCUT2D eigenvalue weighted by Gasteiger charge is -2.23. The number of pyridine rings is 1. The number of rotatable bonds is 3. The zero-order chi connectivity index (χ0) is 16.4. The number of carbonyl (C=O) groups is 2. The van der Waals surface area contributed by atoms with Crippen molar-refractivity contribution in [3.63, 3.8) is 0 Å². The normalized spacial score (nSPS) is 16.1. The summed E-state index contributed by atoms with van der Waals surface area (Å²) in [6.07, 6.45) is 2.99. The molecule has 0 saturated carbocycles. The fourth-order valence-corrected chi connectivity index (χ4v) is 2.76. The highest BCUT2D eigenvalue weighted by Crippen LogP contribution is 2.32. The Balaban J connectivity index is 1.82. The Kier molecular flexibility index (Phi) is 4.20. The van der Waals surface area contributed by atoms with Crippen molar-refractivity contribution in [1.82, 2.24) is 4.98 Å². The van der Waals surface area contributed by atoms with E-state index in [1.165, 1.54) is 11.8 Å². The summed E-state index contributed by atoms with van der Waals surface area (Å²) in [5, 5.41) is 6.22. The summed E-state index contributed by atoms with van der Waals surface area (Å²) in [6, 6.07) is 8.57. The van der Waals surface area contributed by atoms with E-state index < -0.39 is 6.10 Å². The molecule has 2 amide bonds. The van der Waals surface area contributed by atoms with Crippen LogP contribution in [0.5, 0.6) is 5.75 Å². The van der Waals surface area contributed by atoms with E-state index in [0.29, 0.717) is 27.7 Å². The van der Waals surface area contributed by atoms with E-state index in [9.17, 15) is 9.59 Å². The van der Waals surface area contributed by atoms with E-state index in [2.05, 4.69) is 15.6 Å². The minimum Gasteiger partial charge on any atom is -0.479 e. The van der Waals surface area contributed by atoms with Crippen LogP contribution in [0.2, 0.25) is 0 Å². The first-order valence-corrected chi connectivity index (χ1v) is 8.23. The molecule has 0 spiro atoms. The molecule has 1 aliphatic rings. The van der Waals surface area contributed by atoms with Crippen molar-refractivity contribution in [2.45, 2.75) is 18.1 Å². The fourth-order valence-electron chi connectivity index (χ4n) is 2.21. The van der Waals surface area contributed by atoms with E-state index in [1.54, 1.807) is 43.5 Å². The molecule has 1 aromatic heterocycles. The Bertz CT molecular complexity index is 779. The summed E-state index contributed by atoms with van der Waals surface area (Å²) in [6.45, 7) is 1.68. The molecule has 2 heterocycles. The molecule has 0 radical (unpaired) electrons. The minimum atomic E-state index is -0.525. The maximum Gasteiger partial charge on any atom is 0.265 e. The van der Waals surface area contributed by atoms with Gasteiger partial charge in [-0.15, -0.1) is 11.8 Å². The van der Waals surface area contributed by atoms with Gasteiger partial charge in [0.2, 0.25) is 0 Å². The first kappa shape index (κ1) is 15.4. The van der Waals surface area contributed by atoms with Crippen molar-refractivity contribution >= 4 is 35.0 Å². The third-order valence-electron chi connectivity index (χ3n) is 3.38. The van der Waals surface area contributed by atoms with Crippen molar-refractivity contribution < 1.29 is 14.3 Å². The molecule has 0 aliphatic carbocycles. The van der Waals surface area contributed by atoms with E-state index >= 15 is 0 Å². The first-order chi connectivity index (χ1) is 11.1. The summed E-state index contributed by atoms with van der Waals surface area (Å²) in [5.41, 5.74) is 1.62. The number of nitrogens with zero attached hydrogens (tertiary/aromatic N) is 1. The van der Waals surface area contributed by atoms with Gasteiger partial charge in [-0.3, -0.25) is 9.59 Å². The molecule has 0 fully saturated rings. The molecular weight excluding hydrogens is 314 g/mol. The van der Waals surface area contributed by atoms with Gasteiger partial charge in [-0.1, -0.05) is 0 Å². The third kappa shape index (κ3) is 3.14. The highest BCUT2D eigenvalue weighted by atomic mass is 32.2. The molecule has 118 valence electrons. The fraction of sp³-hybridized carbons (Fsp3) is 0.188. The number of thioether (sulfide) groups is 1. The maximum atomic E-state index is 12.4. The number of aromatic nitrogens is 1. The van der Waals surface area contributed by atoms with Crippen LogP contribution in [-0.4, -0.2) is 29.2 Å². The summed E-state index contributed by atoms with van der Waals surface area (Å²) in [4.78, 5) is 28.2. The predicted molar refractivity (Wildman–Crippen MR) is 89.1 cm³/mol. The Labute approximate surface area is 137 Å². The summed E-state index contributed by atoms with van der Waals surface area (Å²) in [7, 11) is 0. The molecule has 0 bridgehead atoms. The minimum absolute atomic E-state index is 0.210. The van der Waals surface area contributed by atoms with Gasteiger partial charge in [0, 0.05) is 11.9 Å². The van der Waals surface area contributed by atoms with Gasteiger partial charge < -0.3 is 15.4 Å². The molecule has 1 aromatic carbocycles. The quantitative estimate of drug-likeness (QED) is 0.847. The van der Waals surface area contributed by atoms with Crippen molar-refractivity contribution in [3.05, 3.63) is 42.1 Å². The molecule has 0 saturated heterocycles. The lowest BCUT2D eigenvalue weighted by atomic mass is 10.2. The Morgan fingerprint density at radius 1 is 1.39 bits per heavy atom.